The lowest BCUT2D eigenvalue weighted by atomic mass is 10.2. The van der Waals surface area contributed by atoms with Crippen LogP contribution in [0.2, 0.25) is 0 Å². The van der Waals surface area contributed by atoms with Crippen molar-refractivity contribution in [1.82, 2.24) is 15.1 Å². The zero-order valence-corrected chi connectivity index (χ0v) is 13.0. The molecule has 1 aliphatic heterocycles. The second-order valence-corrected chi connectivity index (χ2v) is 5.42. The van der Waals surface area contributed by atoms with Crippen LogP contribution in [0.4, 0.5) is 0 Å². The van der Waals surface area contributed by atoms with Crippen LogP contribution < -0.4 is 11.1 Å². The largest absolute Gasteiger partial charge is 0.353 e. The Hall–Kier alpha value is -1.34. The van der Waals surface area contributed by atoms with Crippen molar-refractivity contribution in [2.24, 2.45) is 11.7 Å². The summed E-state index contributed by atoms with van der Waals surface area (Å²) in [6.07, 6.45) is 2.26. The van der Waals surface area contributed by atoms with Crippen LogP contribution in [0.25, 0.3) is 0 Å². The molecule has 0 aromatic heterocycles. The van der Waals surface area contributed by atoms with Crippen LogP contribution in [0.3, 0.4) is 0 Å². The Morgan fingerprint density at radius 1 is 1.29 bits per heavy atom. The van der Waals surface area contributed by atoms with E-state index in [2.05, 4.69) is 5.32 Å². The van der Waals surface area contributed by atoms with Crippen molar-refractivity contribution in [3.05, 3.63) is 0 Å². The third-order valence-corrected chi connectivity index (χ3v) is 3.88. The molecule has 0 aromatic rings. The van der Waals surface area contributed by atoms with Crippen molar-refractivity contribution in [2.75, 3.05) is 32.7 Å². The molecule has 120 valence electrons. The Bertz CT molecular complexity index is 414. The van der Waals surface area contributed by atoms with E-state index in [9.17, 15) is 14.4 Å². The topological polar surface area (TPSA) is 95.7 Å². The van der Waals surface area contributed by atoms with Crippen LogP contribution in [0.5, 0.6) is 0 Å². The summed E-state index contributed by atoms with van der Waals surface area (Å²) in [4.78, 5) is 38.1. The number of hydrogen-bond acceptors (Lipinski definition) is 4. The van der Waals surface area contributed by atoms with Gasteiger partial charge in [0.05, 0.1) is 0 Å². The van der Waals surface area contributed by atoms with E-state index in [0.29, 0.717) is 32.1 Å². The van der Waals surface area contributed by atoms with Crippen LogP contribution in [0, 0.1) is 5.92 Å². The molecule has 3 amide bonds. The van der Waals surface area contributed by atoms with Gasteiger partial charge in [0.25, 0.3) is 0 Å². The fourth-order valence-electron chi connectivity index (χ4n) is 2.32. The molecule has 7 nitrogen and oxygen atoms in total. The van der Waals surface area contributed by atoms with Gasteiger partial charge in [-0.1, -0.05) is 0 Å². The minimum absolute atomic E-state index is 0. The lowest BCUT2D eigenvalue weighted by molar-refractivity contribution is -0.156. The lowest BCUT2D eigenvalue weighted by Gasteiger charge is -2.32. The van der Waals surface area contributed by atoms with E-state index < -0.39 is 11.8 Å². The summed E-state index contributed by atoms with van der Waals surface area (Å²) in [5.74, 6) is -0.861. The minimum atomic E-state index is -0.597. The number of amides is 3. The summed E-state index contributed by atoms with van der Waals surface area (Å²) < 4.78 is 0. The van der Waals surface area contributed by atoms with Gasteiger partial charge in [-0.05, 0) is 25.7 Å². The smallest absolute Gasteiger partial charge is 0.312 e. The summed E-state index contributed by atoms with van der Waals surface area (Å²) in [5, 5.41) is 2.73. The second-order valence-electron chi connectivity index (χ2n) is 5.42. The van der Waals surface area contributed by atoms with E-state index >= 15 is 0 Å². The molecule has 0 spiro atoms. The Balaban J connectivity index is 0.00000220. The average molecular weight is 319 g/mol. The van der Waals surface area contributed by atoms with Crippen molar-refractivity contribution >= 4 is 30.1 Å². The number of rotatable bonds is 6. The van der Waals surface area contributed by atoms with E-state index in [1.54, 1.807) is 0 Å². The zero-order chi connectivity index (χ0) is 14.7. The van der Waals surface area contributed by atoms with Crippen LogP contribution in [0.15, 0.2) is 0 Å². The van der Waals surface area contributed by atoms with Gasteiger partial charge in [0, 0.05) is 32.2 Å². The lowest BCUT2D eigenvalue weighted by Crippen LogP contribution is -2.56. The van der Waals surface area contributed by atoms with Gasteiger partial charge in [-0.2, -0.15) is 0 Å². The molecule has 3 N–H and O–H groups in total. The Morgan fingerprint density at radius 2 is 1.86 bits per heavy atom. The SMILES string of the molecule is CCN1CCN(CC(=O)NCC(N)C2CC2)C(=O)C1=O.Cl. The van der Waals surface area contributed by atoms with Gasteiger partial charge in [0.2, 0.25) is 5.91 Å². The minimum Gasteiger partial charge on any atom is -0.353 e. The van der Waals surface area contributed by atoms with Gasteiger partial charge in [-0.15, -0.1) is 12.4 Å². The van der Waals surface area contributed by atoms with Gasteiger partial charge in [0.1, 0.15) is 6.54 Å². The van der Waals surface area contributed by atoms with E-state index in [4.69, 9.17) is 5.73 Å². The number of nitrogens with two attached hydrogens (primary N) is 1. The molecule has 1 aliphatic carbocycles. The first kappa shape index (κ1) is 17.7. The van der Waals surface area contributed by atoms with Gasteiger partial charge >= 0.3 is 11.8 Å². The van der Waals surface area contributed by atoms with E-state index in [-0.39, 0.29) is 30.9 Å². The molecule has 1 heterocycles. The van der Waals surface area contributed by atoms with Gasteiger partial charge in [-0.25, -0.2) is 0 Å². The highest BCUT2D eigenvalue weighted by molar-refractivity contribution is 6.35. The van der Waals surface area contributed by atoms with Crippen molar-refractivity contribution in [1.29, 1.82) is 0 Å². The number of hydrogen-bond donors (Lipinski definition) is 2. The Morgan fingerprint density at radius 3 is 2.43 bits per heavy atom. The maximum Gasteiger partial charge on any atom is 0.312 e. The molecule has 21 heavy (non-hydrogen) atoms. The highest BCUT2D eigenvalue weighted by Crippen LogP contribution is 2.31. The fourth-order valence-corrected chi connectivity index (χ4v) is 2.32. The Kier molecular flexibility index (Phi) is 6.42. The molecule has 0 bridgehead atoms. The summed E-state index contributed by atoms with van der Waals surface area (Å²) in [6.45, 7) is 3.59. The van der Waals surface area contributed by atoms with Gasteiger partial charge in [-0.3, -0.25) is 14.4 Å². The highest BCUT2D eigenvalue weighted by Gasteiger charge is 2.33. The molecular formula is C13H23ClN4O3. The van der Waals surface area contributed by atoms with Crippen molar-refractivity contribution < 1.29 is 14.4 Å². The number of nitrogens with one attached hydrogen (secondary N) is 1. The van der Waals surface area contributed by atoms with Crippen LogP contribution in [0.1, 0.15) is 19.8 Å². The first-order chi connectivity index (χ1) is 9.52. The van der Waals surface area contributed by atoms with Crippen LogP contribution >= 0.6 is 12.4 Å². The number of likely N-dealkylation sites (N-methyl/N-ethyl adjacent to an activating group) is 1. The number of halogens is 1. The fraction of sp³-hybridized carbons (Fsp3) is 0.769. The van der Waals surface area contributed by atoms with E-state index in [0.717, 1.165) is 12.8 Å². The summed E-state index contributed by atoms with van der Waals surface area (Å²) in [7, 11) is 0. The van der Waals surface area contributed by atoms with Gasteiger partial charge in [0.15, 0.2) is 0 Å². The maximum atomic E-state index is 11.8. The zero-order valence-electron chi connectivity index (χ0n) is 12.2. The number of nitrogens with zero attached hydrogens (tertiary/aromatic N) is 2. The first-order valence-electron chi connectivity index (χ1n) is 7.13. The summed E-state index contributed by atoms with van der Waals surface area (Å²) >= 11 is 0. The predicted octanol–water partition coefficient (Wildman–Crippen LogP) is -1.05. The first-order valence-corrected chi connectivity index (χ1v) is 7.13. The van der Waals surface area contributed by atoms with E-state index in [1.807, 2.05) is 6.92 Å². The van der Waals surface area contributed by atoms with Gasteiger partial charge < -0.3 is 20.9 Å². The molecule has 1 atom stereocenters. The molecule has 2 fully saturated rings. The molecule has 0 aromatic carbocycles. The second kappa shape index (κ2) is 7.61. The maximum absolute atomic E-state index is 11.8. The quantitative estimate of drug-likeness (QED) is 0.611. The summed E-state index contributed by atoms with van der Waals surface area (Å²) in [5.41, 5.74) is 5.89. The standard InChI is InChI=1S/C13H22N4O3.ClH/c1-2-16-5-6-17(13(20)12(16)19)8-11(18)15-7-10(14)9-3-4-9;/h9-10H,2-8,14H2,1H3,(H,15,18);1H. The molecule has 1 unspecified atom stereocenters. The highest BCUT2D eigenvalue weighted by atomic mass is 35.5. The van der Waals surface area contributed by atoms with E-state index in [1.165, 1.54) is 9.80 Å². The molecule has 1 saturated carbocycles. The number of carbonyl (C=O) groups is 3. The van der Waals surface area contributed by atoms with Crippen molar-refractivity contribution in [3.63, 3.8) is 0 Å². The number of piperazine rings is 1. The monoisotopic (exact) mass is 318 g/mol. The third kappa shape index (κ3) is 4.57. The molecular weight excluding hydrogens is 296 g/mol. The molecule has 2 aliphatic rings. The number of carbonyl (C=O) groups excluding carboxylic acids is 3. The van der Waals surface area contributed by atoms with Crippen LogP contribution in [-0.4, -0.2) is 66.3 Å². The molecule has 1 saturated heterocycles. The Labute approximate surface area is 130 Å². The normalized spacial score (nSPS) is 20.1. The third-order valence-electron chi connectivity index (χ3n) is 3.88. The van der Waals surface area contributed by atoms with Crippen molar-refractivity contribution in [2.45, 2.75) is 25.8 Å². The summed E-state index contributed by atoms with van der Waals surface area (Å²) in [6, 6.07) is -0.00628. The average Bonchev–Trinajstić information content (AvgIpc) is 3.26. The van der Waals surface area contributed by atoms with Crippen LogP contribution in [-0.2, 0) is 14.4 Å². The van der Waals surface area contributed by atoms with Crippen molar-refractivity contribution in [3.8, 4) is 0 Å². The molecule has 8 heteroatoms. The molecule has 2 rings (SSSR count). The molecule has 0 radical (unpaired) electrons. The predicted molar refractivity (Wildman–Crippen MR) is 79.8 cm³/mol.